The summed E-state index contributed by atoms with van der Waals surface area (Å²) >= 11 is 0. The Balaban J connectivity index is 1.69. The highest BCUT2D eigenvalue weighted by molar-refractivity contribution is 5.94. The Morgan fingerprint density at radius 1 is 1.25 bits per heavy atom. The van der Waals surface area contributed by atoms with Crippen LogP contribution in [0, 0.1) is 12.8 Å². The van der Waals surface area contributed by atoms with E-state index < -0.39 is 0 Å². The molecular weight excluding hydrogens is 248 g/mol. The molecule has 108 valence electrons. The first-order valence-electron chi connectivity index (χ1n) is 7.82. The number of hydrogen-bond donors (Lipinski definition) is 1. The topological polar surface area (TPSA) is 32.3 Å². The SMILES string of the molecule is Cc1ccc(C(=O)N(CC2CCCNC2)C2CC2)cc1. The fourth-order valence-corrected chi connectivity index (χ4v) is 3.00. The van der Waals surface area contributed by atoms with Crippen LogP contribution in [0.5, 0.6) is 0 Å². The van der Waals surface area contributed by atoms with Gasteiger partial charge < -0.3 is 10.2 Å². The molecule has 1 unspecified atom stereocenters. The molecule has 20 heavy (non-hydrogen) atoms. The number of nitrogens with one attached hydrogen (secondary N) is 1. The summed E-state index contributed by atoms with van der Waals surface area (Å²) in [6.45, 7) is 5.17. The average Bonchev–Trinajstić information content (AvgIpc) is 3.30. The van der Waals surface area contributed by atoms with E-state index in [0.29, 0.717) is 12.0 Å². The van der Waals surface area contributed by atoms with Crippen LogP contribution in [-0.2, 0) is 0 Å². The summed E-state index contributed by atoms with van der Waals surface area (Å²) in [5.41, 5.74) is 2.04. The molecule has 3 heteroatoms. The van der Waals surface area contributed by atoms with Crippen molar-refractivity contribution in [3.05, 3.63) is 35.4 Å². The number of amides is 1. The van der Waals surface area contributed by atoms with Crippen LogP contribution in [0.15, 0.2) is 24.3 Å². The number of nitrogens with zero attached hydrogens (tertiary/aromatic N) is 1. The van der Waals surface area contributed by atoms with E-state index in [1.54, 1.807) is 0 Å². The molecule has 0 aromatic heterocycles. The van der Waals surface area contributed by atoms with Crippen molar-refractivity contribution >= 4 is 5.91 Å². The number of rotatable bonds is 4. The highest BCUT2D eigenvalue weighted by Gasteiger charge is 2.34. The number of hydrogen-bond acceptors (Lipinski definition) is 2. The molecule has 3 rings (SSSR count). The second-order valence-electron chi connectivity index (χ2n) is 6.27. The Hall–Kier alpha value is -1.35. The van der Waals surface area contributed by atoms with Gasteiger partial charge in [0.1, 0.15) is 0 Å². The Morgan fingerprint density at radius 2 is 2.00 bits per heavy atom. The van der Waals surface area contributed by atoms with Gasteiger partial charge >= 0.3 is 0 Å². The fourth-order valence-electron chi connectivity index (χ4n) is 3.00. The van der Waals surface area contributed by atoms with E-state index >= 15 is 0 Å². The lowest BCUT2D eigenvalue weighted by Crippen LogP contribution is -2.42. The molecule has 1 heterocycles. The van der Waals surface area contributed by atoms with E-state index in [1.165, 1.54) is 31.2 Å². The third kappa shape index (κ3) is 3.21. The highest BCUT2D eigenvalue weighted by Crippen LogP contribution is 2.30. The predicted octanol–water partition coefficient (Wildman–Crippen LogP) is 2.60. The third-order valence-corrected chi connectivity index (χ3v) is 4.40. The monoisotopic (exact) mass is 272 g/mol. The Morgan fingerprint density at radius 3 is 2.60 bits per heavy atom. The van der Waals surface area contributed by atoms with E-state index in [9.17, 15) is 4.79 Å². The maximum Gasteiger partial charge on any atom is 0.254 e. The summed E-state index contributed by atoms with van der Waals surface area (Å²) in [7, 11) is 0. The van der Waals surface area contributed by atoms with Crippen molar-refractivity contribution < 1.29 is 4.79 Å². The number of carbonyl (C=O) groups is 1. The van der Waals surface area contributed by atoms with Gasteiger partial charge in [0.2, 0.25) is 0 Å². The van der Waals surface area contributed by atoms with Gasteiger partial charge in [-0.05, 0) is 63.7 Å². The van der Waals surface area contributed by atoms with Crippen molar-refractivity contribution in [3.63, 3.8) is 0 Å². The van der Waals surface area contributed by atoms with Crippen molar-refractivity contribution in [2.75, 3.05) is 19.6 Å². The van der Waals surface area contributed by atoms with Crippen molar-refractivity contribution in [2.24, 2.45) is 5.92 Å². The van der Waals surface area contributed by atoms with Gasteiger partial charge in [-0.2, -0.15) is 0 Å². The molecule has 0 spiro atoms. The second kappa shape index (κ2) is 5.96. The van der Waals surface area contributed by atoms with Gasteiger partial charge in [0.15, 0.2) is 0 Å². The standard InChI is InChI=1S/C17H24N2O/c1-13-4-6-15(7-5-13)17(20)19(16-8-9-16)12-14-3-2-10-18-11-14/h4-7,14,16,18H,2-3,8-12H2,1H3. The Kier molecular flexibility index (Phi) is 4.06. The number of carbonyl (C=O) groups excluding carboxylic acids is 1. The van der Waals surface area contributed by atoms with Crippen LogP contribution in [0.3, 0.4) is 0 Å². The molecule has 3 nitrogen and oxygen atoms in total. The zero-order valence-electron chi connectivity index (χ0n) is 12.3. The molecule has 2 aliphatic rings. The quantitative estimate of drug-likeness (QED) is 0.913. The smallest absolute Gasteiger partial charge is 0.254 e. The largest absolute Gasteiger partial charge is 0.335 e. The molecule has 1 atom stereocenters. The summed E-state index contributed by atoms with van der Waals surface area (Å²) in [6.07, 6.45) is 4.84. The predicted molar refractivity (Wildman–Crippen MR) is 80.8 cm³/mol. The van der Waals surface area contributed by atoms with Crippen LogP contribution >= 0.6 is 0 Å². The van der Waals surface area contributed by atoms with Gasteiger partial charge in [0.05, 0.1) is 0 Å². The molecule has 1 saturated heterocycles. The molecule has 0 bridgehead atoms. The maximum atomic E-state index is 12.7. The summed E-state index contributed by atoms with van der Waals surface area (Å²) in [5, 5.41) is 3.45. The summed E-state index contributed by atoms with van der Waals surface area (Å²) < 4.78 is 0. The van der Waals surface area contributed by atoms with E-state index in [4.69, 9.17) is 0 Å². The van der Waals surface area contributed by atoms with Crippen molar-refractivity contribution in [2.45, 2.75) is 38.6 Å². The lowest BCUT2D eigenvalue weighted by Gasteiger charge is -2.30. The first-order valence-corrected chi connectivity index (χ1v) is 7.82. The molecule has 1 aliphatic heterocycles. The van der Waals surface area contributed by atoms with Gasteiger partial charge in [-0.15, -0.1) is 0 Å². The van der Waals surface area contributed by atoms with Crippen LogP contribution in [-0.4, -0.2) is 36.5 Å². The summed E-state index contributed by atoms with van der Waals surface area (Å²) in [6, 6.07) is 8.48. The first-order chi connectivity index (χ1) is 9.74. The Bertz CT molecular complexity index is 458. The van der Waals surface area contributed by atoms with E-state index in [-0.39, 0.29) is 5.91 Å². The van der Waals surface area contributed by atoms with Gasteiger partial charge in [0.25, 0.3) is 5.91 Å². The van der Waals surface area contributed by atoms with Crippen LogP contribution in [0.25, 0.3) is 0 Å². The Labute approximate surface area is 121 Å². The molecule has 1 saturated carbocycles. The van der Waals surface area contributed by atoms with Crippen molar-refractivity contribution in [1.29, 1.82) is 0 Å². The van der Waals surface area contributed by atoms with Crippen LogP contribution in [0.1, 0.15) is 41.6 Å². The number of aryl methyl sites for hydroxylation is 1. The average molecular weight is 272 g/mol. The van der Waals surface area contributed by atoms with Gasteiger partial charge in [-0.3, -0.25) is 4.79 Å². The van der Waals surface area contributed by atoms with Gasteiger partial charge in [-0.1, -0.05) is 17.7 Å². The van der Waals surface area contributed by atoms with Crippen molar-refractivity contribution in [3.8, 4) is 0 Å². The number of piperidine rings is 1. The maximum absolute atomic E-state index is 12.7. The van der Waals surface area contributed by atoms with Crippen LogP contribution < -0.4 is 5.32 Å². The molecule has 1 N–H and O–H groups in total. The molecule has 1 aromatic carbocycles. The second-order valence-corrected chi connectivity index (χ2v) is 6.27. The lowest BCUT2D eigenvalue weighted by molar-refractivity contribution is 0.0704. The molecule has 0 radical (unpaired) electrons. The van der Waals surface area contributed by atoms with E-state index in [0.717, 1.165) is 25.2 Å². The minimum absolute atomic E-state index is 0.220. The third-order valence-electron chi connectivity index (χ3n) is 4.40. The van der Waals surface area contributed by atoms with Crippen LogP contribution in [0.2, 0.25) is 0 Å². The fraction of sp³-hybridized carbons (Fsp3) is 0.588. The van der Waals surface area contributed by atoms with Crippen molar-refractivity contribution in [1.82, 2.24) is 10.2 Å². The molecule has 2 fully saturated rings. The first kappa shape index (κ1) is 13.6. The molecular formula is C17H24N2O. The zero-order valence-corrected chi connectivity index (χ0v) is 12.3. The zero-order chi connectivity index (χ0) is 13.9. The summed E-state index contributed by atoms with van der Waals surface area (Å²) in [4.78, 5) is 14.8. The normalized spacial score (nSPS) is 22.6. The molecule has 1 amide bonds. The highest BCUT2D eigenvalue weighted by atomic mass is 16.2. The minimum Gasteiger partial charge on any atom is -0.335 e. The van der Waals surface area contributed by atoms with E-state index in [1.807, 2.05) is 24.3 Å². The lowest BCUT2D eigenvalue weighted by atomic mass is 9.98. The molecule has 1 aromatic rings. The number of benzene rings is 1. The van der Waals surface area contributed by atoms with E-state index in [2.05, 4.69) is 17.1 Å². The van der Waals surface area contributed by atoms with Gasteiger partial charge in [-0.25, -0.2) is 0 Å². The van der Waals surface area contributed by atoms with Gasteiger partial charge in [0, 0.05) is 18.2 Å². The summed E-state index contributed by atoms with van der Waals surface area (Å²) in [5.74, 6) is 0.844. The minimum atomic E-state index is 0.220. The van der Waals surface area contributed by atoms with Crippen LogP contribution in [0.4, 0.5) is 0 Å². The molecule has 1 aliphatic carbocycles.